The van der Waals surface area contributed by atoms with Gasteiger partial charge in [-0.2, -0.15) is 5.10 Å². The van der Waals surface area contributed by atoms with Gasteiger partial charge >= 0.3 is 0 Å². The summed E-state index contributed by atoms with van der Waals surface area (Å²) < 4.78 is 0. The maximum absolute atomic E-state index is 11.3. The Morgan fingerprint density at radius 1 is 1.37 bits per heavy atom. The van der Waals surface area contributed by atoms with E-state index >= 15 is 0 Å². The van der Waals surface area contributed by atoms with Crippen molar-refractivity contribution >= 4 is 23.0 Å². The van der Waals surface area contributed by atoms with E-state index in [1.165, 1.54) is 0 Å². The number of anilines is 1. The van der Waals surface area contributed by atoms with E-state index < -0.39 is 0 Å². The Morgan fingerprint density at radius 2 is 2.00 bits per heavy atom. The zero-order valence-electron chi connectivity index (χ0n) is 10.7. The molecule has 1 heterocycles. The number of nitrogens with one attached hydrogen (secondary N) is 1. The van der Waals surface area contributed by atoms with Gasteiger partial charge in [0.2, 0.25) is 0 Å². The Kier molecular flexibility index (Phi) is 3.62. The summed E-state index contributed by atoms with van der Waals surface area (Å²) in [5, 5.41) is 6.79. The van der Waals surface area contributed by atoms with Gasteiger partial charge in [0.1, 0.15) is 0 Å². The van der Waals surface area contributed by atoms with E-state index in [0.717, 1.165) is 16.9 Å². The Morgan fingerprint density at radius 3 is 2.53 bits per heavy atom. The molecule has 1 aromatic heterocycles. The molecule has 1 aromatic carbocycles. The van der Waals surface area contributed by atoms with E-state index in [9.17, 15) is 4.79 Å². The lowest BCUT2D eigenvalue weighted by Gasteiger charge is -2.16. The van der Waals surface area contributed by atoms with Crippen molar-refractivity contribution in [2.24, 2.45) is 5.73 Å². The molecule has 0 fully saturated rings. The van der Waals surface area contributed by atoms with Crippen molar-refractivity contribution in [3.05, 3.63) is 46.2 Å². The first-order valence-corrected chi connectivity index (χ1v) is 6.10. The minimum atomic E-state index is -0.173. The van der Waals surface area contributed by atoms with Crippen molar-refractivity contribution in [2.45, 2.75) is 6.92 Å². The topological polar surface area (TPSA) is 75.0 Å². The van der Waals surface area contributed by atoms with E-state index in [-0.39, 0.29) is 5.56 Å². The first-order chi connectivity index (χ1) is 8.99. The van der Waals surface area contributed by atoms with Gasteiger partial charge in [0.25, 0.3) is 5.56 Å². The first-order valence-electron chi connectivity index (χ1n) is 5.69. The number of hydrogen-bond acceptors (Lipinski definition) is 3. The van der Waals surface area contributed by atoms with Gasteiger partial charge < -0.3 is 10.6 Å². The fourth-order valence-electron chi connectivity index (χ4n) is 1.63. The van der Waals surface area contributed by atoms with Crippen LogP contribution in [0.4, 0.5) is 5.69 Å². The molecule has 0 bridgehead atoms. The van der Waals surface area contributed by atoms with Crippen LogP contribution in [0.25, 0.3) is 11.3 Å². The predicted molar refractivity (Wildman–Crippen MR) is 80.2 cm³/mol. The van der Waals surface area contributed by atoms with Gasteiger partial charge in [0.05, 0.1) is 5.69 Å². The highest BCUT2D eigenvalue weighted by atomic mass is 32.1. The summed E-state index contributed by atoms with van der Waals surface area (Å²) in [7, 11) is 1.81. The molecular weight excluding hydrogens is 260 g/mol. The molecule has 0 saturated carbocycles. The number of thiocarbonyl (C=S) groups is 1. The van der Waals surface area contributed by atoms with Crippen molar-refractivity contribution in [3.8, 4) is 11.3 Å². The van der Waals surface area contributed by atoms with Gasteiger partial charge in [0, 0.05) is 23.9 Å². The van der Waals surface area contributed by atoms with E-state index in [4.69, 9.17) is 18.0 Å². The normalized spacial score (nSPS) is 10.2. The Bertz CT molecular complexity index is 663. The van der Waals surface area contributed by atoms with E-state index in [2.05, 4.69) is 10.2 Å². The molecule has 0 aliphatic rings. The van der Waals surface area contributed by atoms with Gasteiger partial charge in [-0.25, -0.2) is 5.10 Å². The van der Waals surface area contributed by atoms with Crippen molar-refractivity contribution in [1.29, 1.82) is 0 Å². The van der Waals surface area contributed by atoms with Crippen molar-refractivity contribution in [3.63, 3.8) is 0 Å². The molecule has 0 saturated heterocycles. The molecule has 19 heavy (non-hydrogen) atoms. The van der Waals surface area contributed by atoms with Crippen molar-refractivity contribution in [2.75, 3.05) is 11.9 Å². The highest BCUT2D eigenvalue weighted by Gasteiger charge is 2.05. The lowest BCUT2D eigenvalue weighted by molar-refractivity contribution is 0.976. The third-order valence-electron chi connectivity index (χ3n) is 2.87. The lowest BCUT2D eigenvalue weighted by Crippen LogP contribution is -2.31. The number of nitrogens with zero attached hydrogens (tertiary/aromatic N) is 2. The van der Waals surface area contributed by atoms with Crippen LogP contribution in [-0.2, 0) is 0 Å². The number of aryl methyl sites for hydroxylation is 1. The predicted octanol–water partition coefficient (Wildman–Crippen LogP) is 1.43. The molecule has 0 aliphatic heterocycles. The second-order valence-electron chi connectivity index (χ2n) is 4.21. The molecule has 2 aromatic rings. The Balaban J connectivity index is 2.34. The minimum absolute atomic E-state index is 0.173. The highest BCUT2D eigenvalue weighted by Crippen LogP contribution is 2.20. The van der Waals surface area contributed by atoms with Crippen LogP contribution in [0.2, 0.25) is 0 Å². The molecule has 6 heteroatoms. The van der Waals surface area contributed by atoms with Gasteiger partial charge in [-0.3, -0.25) is 4.79 Å². The molecule has 0 aliphatic carbocycles. The minimum Gasteiger partial charge on any atom is -0.376 e. The summed E-state index contributed by atoms with van der Waals surface area (Å²) in [5.74, 6) is 0. The fourth-order valence-corrected chi connectivity index (χ4v) is 1.74. The van der Waals surface area contributed by atoms with Gasteiger partial charge in [0.15, 0.2) is 5.11 Å². The van der Waals surface area contributed by atoms with Gasteiger partial charge in [-0.15, -0.1) is 0 Å². The molecule has 2 rings (SSSR count). The summed E-state index contributed by atoms with van der Waals surface area (Å²) in [4.78, 5) is 13.0. The zero-order chi connectivity index (χ0) is 14.0. The van der Waals surface area contributed by atoms with Crippen molar-refractivity contribution < 1.29 is 0 Å². The molecule has 0 unspecified atom stereocenters. The van der Waals surface area contributed by atoms with Crippen LogP contribution in [0, 0.1) is 6.92 Å². The van der Waals surface area contributed by atoms with Crippen LogP contribution in [0.3, 0.4) is 0 Å². The second-order valence-corrected chi connectivity index (χ2v) is 4.63. The number of rotatable bonds is 2. The van der Waals surface area contributed by atoms with Gasteiger partial charge in [-0.1, -0.05) is 12.1 Å². The number of H-pyrrole nitrogens is 1. The summed E-state index contributed by atoms with van der Waals surface area (Å²) in [5.41, 5.74) is 8.56. The molecule has 0 radical (unpaired) electrons. The largest absolute Gasteiger partial charge is 0.376 e. The van der Waals surface area contributed by atoms with Crippen LogP contribution in [0.1, 0.15) is 5.56 Å². The SMILES string of the molecule is Cc1cc(-c2ccc(N(C)C(N)=S)cc2)n[nH]c1=O. The smallest absolute Gasteiger partial charge is 0.267 e. The van der Waals surface area contributed by atoms with E-state index in [1.54, 1.807) is 24.9 Å². The number of aromatic amines is 1. The monoisotopic (exact) mass is 274 g/mol. The van der Waals surface area contributed by atoms with E-state index in [0.29, 0.717) is 10.7 Å². The summed E-state index contributed by atoms with van der Waals surface area (Å²) in [6, 6.07) is 9.37. The number of nitrogens with two attached hydrogens (primary N) is 1. The maximum Gasteiger partial charge on any atom is 0.267 e. The number of benzene rings is 1. The molecular formula is C13H14N4OS. The number of aromatic nitrogens is 2. The van der Waals surface area contributed by atoms with E-state index in [1.807, 2.05) is 24.3 Å². The highest BCUT2D eigenvalue weighted by molar-refractivity contribution is 7.80. The summed E-state index contributed by atoms with van der Waals surface area (Å²) >= 11 is 4.91. The maximum atomic E-state index is 11.3. The standard InChI is InChI=1S/C13H14N4OS/c1-8-7-11(15-16-12(8)18)9-3-5-10(6-4-9)17(2)13(14)19/h3-7H,1-2H3,(H2,14,19)(H,16,18). The fraction of sp³-hybridized carbons (Fsp3) is 0.154. The average Bonchev–Trinajstić information content (AvgIpc) is 2.41. The summed E-state index contributed by atoms with van der Waals surface area (Å²) in [6.45, 7) is 1.75. The third kappa shape index (κ3) is 2.79. The van der Waals surface area contributed by atoms with Crippen LogP contribution in [0.15, 0.2) is 35.1 Å². The van der Waals surface area contributed by atoms with Crippen molar-refractivity contribution in [1.82, 2.24) is 10.2 Å². The number of hydrogen-bond donors (Lipinski definition) is 2. The molecule has 98 valence electrons. The summed E-state index contributed by atoms with van der Waals surface area (Å²) in [6.07, 6.45) is 0. The molecule has 0 spiro atoms. The molecule has 0 atom stereocenters. The Hall–Kier alpha value is -2.21. The molecule has 0 amide bonds. The van der Waals surface area contributed by atoms with Crippen LogP contribution >= 0.6 is 12.2 Å². The van der Waals surface area contributed by atoms with Crippen LogP contribution in [0.5, 0.6) is 0 Å². The van der Waals surface area contributed by atoms with Gasteiger partial charge in [-0.05, 0) is 37.3 Å². The molecule has 5 nitrogen and oxygen atoms in total. The second kappa shape index (κ2) is 5.19. The average molecular weight is 274 g/mol. The quantitative estimate of drug-likeness (QED) is 0.810. The lowest BCUT2D eigenvalue weighted by atomic mass is 10.1. The first kappa shape index (κ1) is 13.2. The molecule has 3 N–H and O–H groups in total. The van der Waals surface area contributed by atoms with Crippen LogP contribution in [-0.4, -0.2) is 22.4 Å². The van der Waals surface area contributed by atoms with Crippen LogP contribution < -0.4 is 16.2 Å². The third-order valence-corrected chi connectivity index (χ3v) is 3.14. The zero-order valence-corrected chi connectivity index (χ0v) is 11.5. The Labute approximate surface area is 116 Å².